The molecule has 0 aliphatic carbocycles. The highest BCUT2D eigenvalue weighted by atomic mass is 32.2. The van der Waals surface area contributed by atoms with Gasteiger partial charge in [-0.2, -0.15) is 0 Å². The summed E-state index contributed by atoms with van der Waals surface area (Å²) in [5.41, 5.74) is 5.48. The molecule has 98 valence electrons. The molecule has 0 radical (unpaired) electrons. The van der Waals surface area contributed by atoms with Gasteiger partial charge in [-0.25, -0.2) is 12.7 Å². The zero-order valence-corrected chi connectivity index (χ0v) is 12.0. The van der Waals surface area contributed by atoms with Crippen molar-refractivity contribution in [2.75, 3.05) is 19.6 Å². The van der Waals surface area contributed by atoms with Gasteiger partial charge < -0.3 is 5.73 Å². The van der Waals surface area contributed by atoms with Crippen LogP contribution < -0.4 is 5.73 Å². The zero-order valence-electron chi connectivity index (χ0n) is 11.2. The number of hydrogen-bond acceptors (Lipinski definition) is 3. The average molecular weight is 250 g/mol. The van der Waals surface area contributed by atoms with E-state index in [2.05, 4.69) is 0 Å². The second-order valence-corrected chi connectivity index (χ2v) is 7.78. The minimum Gasteiger partial charge on any atom is -0.330 e. The number of rotatable bonds is 7. The average Bonchev–Trinajstić information content (AvgIpc) is 2.16. The van der Waals surface area contributed by atoms with E-state index in [0.29, 0.717) is 19.6 Å². The number of hydrogen-bond donors (Lipinski definition) is 1. The van der Waals surface area contributed by atoms with Crippen LogP contribution in [-0.2, 0) is 10.0 Å². The van der Waals surface area contributed by atoms with Gasteiger partial charge in [0.15, 0.2) is 0 Å². The molecule has 0 aromatic rings. The molecule has 4 nitrogen and oxygen atoms in total. The van der Waals surface area contributed by atoms with Gasteiger partial charge in [0.05, 0.1) is 5.25 Å². The van der Waals surface area contributed by atoms with E-state index in [0.717, 1.165) is 6.42 Å². The lowest BCUT2D eigenvalue weighted by Gasteiger charge is -2.32. The van der Waals surface area contributed by atoms with E-state index in [-0.39, 0.29) is 10.7 Å². The van der Waals surface area contributed by atoms with Crippen LogP contribution in [0.1, 0.15) is 41.0 Å². The van der Waals surface area contributed by atoms with Crippen LogP contribution in [0.25, 0.3) is 0 Å². The summed E-state index contributed by atoms with van der Waals surface area (Å²) in [6.45, 7) is 11.0. The summed E-state index contributed by atoms with van der Waals surface area (Å²) in [4.78, 5) is 0. The molecule has 0 aromatic carbocycles. The molecule has 0 atom stereocenters. The van der Waals surface area contributed by atoms with Gasteiger partial charge in [0.1, 0.15) is 0 Å². The largest absolute Gasteiger partial charge is 0.330 e. The fraction of sp³-hybridized carbons (Fsp3) is 1.00. The van der Waals surface area contributed by atoms with Crippen LogP contribution in [0.3, 0.4) is 0 Å². The Morgan fingerprint density at radius 1 is 1.31 bits per heavy atom. The van der Waals surface area contributed by atoms with Crippen LogP contribution in [0.15, 0.2) is 0 Å². The maximum absolute atomic E-state index is 12.1. The minimum absolute atomic E-state index is 0.170. The Balaban J connectivity index is 4.89. The van der Waals surface area contributed by atoms with Gasteiger partial charge in [0, 0.05) is 13.1 Å². The SMILES string of the molecule is CCCN(CC(C)(C)CN)S(=O)(=O)C(C)C. The summed E-state index contributed by atoms with van der Waals surface area (Å²) < 4.78 is 25.8. The smallest absolute Gasteiger partial charge is 0.216 e. The first-order valence-corrected chi connectivity index (χ1v) is 7.36. The first kappa shape index (κ1) is 15.9. The van der Waals surface area contributed by atoms with Gasteiger partial charge in [-0.05, 0) is 32.2 Å². The summed E-state index contributed by atoms with van der Waals surface area (Å²) in [5, 5.41) is -0.368. The summed E-state index contributed by atoms with van der Waals surface area (Å²) >= 11 is 0. The van der Waals surface area contributed by atoms with E-state index in [1.807, 2.05) is 20.8 Å². The summed E-state index contributed by atoms with van der Waals surface area (Å²) in [5.74, 6) is 0. The van der Waals surface area contributed by atoms with Crippen LogP contribution >= 0.6 is 0 Å². The Labute approximate surface area is 100 Å². The van der Waals surface area contributed by atoms with Crippen molar-refractivity contribution in [3.8, 4) is 0 Å². The zero-order chi connectivity index (χ0) is 13.0. The highest BCUT2D eigenvalue weighted by Crippen LogP contribution is 2.19. The molecule has 0 amide bonds. The Morgan fingerprint density at radius 2 is 1.81 bits per heavy atom. The van der Waals surface area contributed by atoms with Crippen LogP contribution in [0.2, 0.25) is 0 Å². The predicted molar refractivity (Wildman–Crippen MR) is 68.8 cm³/mol. The third kappa shape index (κ3) is 4.39. The second-order valence-electron chi connectivity index (χ2n) is 5.30. The lowest BCUT2D eigenvalue weighted by molar-refractivity contribution is 0.265. The fourth-order valence-corrected chi connectivity index (χ4v) is 2.95. The molecule has 0 fully saturated rings. The first-order valence-electron chi connectivity index (χ1n) is 5.86. The molecule has 0 saturated heterocycles. The minimum atomic E-state index is -3.17. The molecular weight excluding hydrogens is 224 g/mol. The van der Waals surface area contributed by atoms with Crippen molar-refractivity contribution in [2.24, 2.45) is 11.1 Å². The van der Waals surface area contributed by atoms with Gasteiger partial charge in [-0.15, -0.1) is 0 Å². The standard InChI is InChI=1S/C11H26N2O2S/c1-6-7-13(9-11(4,5)8-12)16(14,15)10(2)3/h10H,6-9,12H2,1-5H3. The molecular formula is C11H26N2O2S. The van der Waals surface area contributed by atoms with E-state index < -0.39 is 10.0 Å². The quantitative estimate of drug-likeness (QED) is 0.743. The number of sulfonamides is 1. The van der Waals surface area contributed by atoms with Crippen molar-refractivity contribution in [3.05, 3.63) is 0 Å². The molecule has 0 unspecified atom stereocenters. The summed E-state index contributed by atoms with van der Waals surface area (Å²) in [6.07, 6.45) is 0.826. The third-order valence-corrected chi connectivity index (χ3v) is 4.81. The molecule has 0 aliphatic rings. The lowest BCUT2D eigenvalue weighted by atomic mass is 9.94. The Bertz CT molecular complexity index is 297. The highest BCUT2D eigenvalue weighted by molar-refractivity contribution is 7.89. The van der Waals surface area contributed by atoms with Crippen molar-refractivity contribution in [2.45, 2.75) is 46.3 Å². The van der Waals surface area contributed by atoms with E-state index in [1.165, 1.54) is 0 Å². The van der Waals surface area contributed by atoms with Crippen molar-refractivity contribution in [1.82, 2.24) is 4.31 Å². The Kier molecular flexibility index (Phi) is 5.93. The van der Waals surface area contributed by atoms with Crippen molar-refractivity contribution in [3.63, 3.8) is 0 Å². The maximum atomic E-state index is 12.1. The van der Waals surface area contributed by atoms with Gasteiger partial charge in [0.2, 0.25) is 10.0 Å². The lowest BCUT2D eigenvalue weighted by Crippen LogP contribution is -2.44. The van der Waals surface area contributed by atoms with Gasteiger partial charge in [0.25, 0.3) is 0 Å². The first-order chi connectivity index (χ1) is 7.17. The summed E-state index contributed by atoms with van der Waals surface area (Å²) in [7, 11) is -3.17. The van der Waals surface area contributed by atoms with Crippen molar-refractivity contribution in [1.29, 1.82) is 0 Å². The molecule has 0 aliphatic heterocycles. The molecule has 0 heterocycles. The van der Waals surface area contributed by atoms with Crippen molar-refractivity contribution < 1.29 is 8.42 Å². The van der Waals surface area contributed by atoms with Crippen LogP contribution in [0.4, 0.5) is 0 Å². The van der Waals surface area contributed by atoms with Crippen LogP contribution in [0, 0.1) is 5.41 Å². The summed E-state index contributed by atoms with van der Waals surface area (Å²) in [6, 6.07) is 0. The Morgan fingerprint density at radius 3 is 2.12 bits per heavy atom. The van der Waals surface area contributed by atoms with Gasteiger partial charge >= 0.3 is 0 Å². The second kappa shape index (κ2) is 5.98. The van der Waals surface area contributed by atoms with Crippen molar-refractivity contribution >= 4 is 10.0 Å². The van der Waals surface area contributed by atoms with Gasteiger partial charge in [-0.3, -0.25) is 0 Å². The molecule has 5 heteroatoms. The molecule has 0 rings (SSSR count). The maximum Gasteiger partial charge on any atom is 0.216 e. The van der Waals surface area contributed by atoms with E-state index >= 15 is 0 Å². The normalized spacial score (nSPS) is 13.8. The molecule has 0 saturated carbocycles. The molecule has 16 heavy (non-hydrogen) atoms. The monoisotopic (exact) mass is 250 g/mol. The fourth-order valence-electron chi connectivity index (χ4n) is 1.39. The number of nitrogens with zero attached hydrogens (tertiary/aromatic N) is 1. The Hall–Kier alpha value is -0.130. The van der Waals surface area contributed by atoms with Crippen LogP contribution in [0.5, 0.6) is 0 Å². The van der Waals surface area contributed by atoms with E-state index in [9.17, 15) is 8.42 Å². The molecule has 0 bridgehead atoms. The topological polar surface area (TPSA) is 63.4 Å². The molecule has 0 aromatic heterocycles. The molecule has 0 spiro atoms. The van der Waals surface area contributed by atoms with E-state index in [4.69, 9.17) is 5.73 Å². The molecule has 2 N–H and O–H groups in total. The van der Waals surface area contributed by atoms with E-state index in [1.54, 1.807) is 18.2 Å². The van der Waals surface area contributed by atoms with Gasteiger partial charge in [-0.1, -0.05) is 20.8 Å². The van der Waals surface area contributed by atoms with Crippen LogP contribution in [-0.4, -0.2) is 37.6 Å². The highest BCUT2D eigenvalue weighted by Gasteiger charge is 2.30. The number of nitrogens with two attached hydrogens (primary N) is 1. The predicted octanol–water partition coefficient (Wildman–Crippen LogP) is 1.42. The third-order valence-electron chi connectivity index (χ3n) is 2.59.